The smallest absolute Gasteiger partial charge is 0.254 e. The third kappa shape index (κ3) is 2.01. The average Bonchev–Trinajstić information content (AvgIpc) is 2.26. The first-order valence-corrected chi connectivity index (χ1v) is 3.60. The number of amides is 2. The van der Waals surface area contributed by atoms with Gasteiger partial charge in [-0.3, -0.25) is 9.59 Å². The number of carbonyl (C=O) groups is 2. The molecule has 0 aromatic heterocycles. The predicted octanol–water partition coefficient (Wildman–Crippen LogP) is -0.300. The molecule has 1 atom stereocenters. The van der Waals surface area contributed by atoms with E-state index in [9.17, 15) is 9.59 Å². The van der Waals surface area contributed by atoms with Gasteiger partial charge in [-0.1, -0.05) is 0 Å². The van der Waals surface area contributed by atoms with Crippen molar-refractivity contribution in [2.45, 2.75) is 13.3 Å². The topological polar surface area (TPSA) is 57.5 Å². The molecule has 1 rings (SSSR count). The SMILES string of the molecule is CCOCC1CC(=O)[N]C1=O. The number of hydrogen-bond acceptors (Lipinski definition) is 3. The molecule has 1 heterocycles. The fourth-order valence-corrected chi connectivity index (χ4v) is 0.948. The second-order valence-corrected chi connectivity index (χ2v) is 2.40. The summed E-state index contributed by atoms with van der Waals surface area (Å²) in [6, 6.07) is 0. The highest BCUT2D eigenvalue weighted by Crippen LogP contribution is 2.11. The van der Waals surface area contributed by atoms with Crippen LogP contribution in [-0.2, 0) is 14.3 Å². The normalized spacial score (nSPS) is 23.9. The largest absolute Gasteiger partial charge is 0.381 e. The zero-order chi connectivity index (χ0) is 8.27. The molecule has 0 spiro atoms. The minimum absolute atomic E-state index is 0.221. The lowest BCUT2D eigenvalue weighted by Crippen LogP contribution is -2.18. The molecule has 1 aliphatic heterocycles. The van der Waals surface area contributed by atoms with Crippen molar-refractivity contribution in [1.29, 1.82) is 0 Å². The minimum atomic E-state index is -0.330. The van der Waals surface area contributed by atoms with Crippen molar-refractivity contribution in [2.24, 2.45) is 5.92 Å². The number of rotatable bonds is 3. The molecule has 4 heteroatoms. The Balaban J connectivity index is 2.34. The zero-order valence-electron chi connectivity index (χ0n) is 6.37. The molecule has 11 heavy (non-hydrogen) atoms. The molecule has 61 valence electrons. The van der Waals surface area contributed by atoms with Gasteiger partial charge in [-0.2, -0.15) is 5.32 Å². The van der Waals surface area contributed by atoms with Gasteiger partial charge in [-0.05, 0) is 6.92 Å². The van der Waals surface area contributed by atoms with Gasteiger partial charge in [0.2, 0.25) is 5.91 Å². The van der Waals surface area contributed by atoms with Crippen molar-refractivity contribution in [3.05, 3.63) is 0 Å². The lowest BCUT2D eigenvalue weighted by molar-refractivity contribution is -0.126. The molecule has 2 amide bonds. The van der Waals surface area contributed by atoms with E-state index in [0.29, 0.717) is 13.2 Å². The van der Waals surface area contributed by atoms with E-state index in [1.54, 1.807) is 0 Å². The van der Waals surface area contributed by atoms with E-state index in [4.69, 9.17) is 4.74 Å². The van der Waals surface area contributed by atoms with Crippen molar-refractivity contribution >= 4 is 11.8 Å². The third-order valence-electron chi connectivity index (χ3n) is 1.53. The highest BCUT2D eigenvalue weighted by atomic mass is 16.5. The predicted molar refractivity (Wildman–Crippen MR) is 36.7 cm³/mol. The zero-order valence-corrected chi connectivity index (χ0v) is 6.37. The van der Waals surface area contributed by atoms with Crippen LogP contribution in [0.4, 0.5) is 0 Å². The van der Waals surface area contributed by atoms with E-state index in [0.717, 1.165) is 0 Å². The highest BCUT2D eigenvalue weighted by molar-refractivity contribution is 6.03. The van der Waals surface area contributed by atoms with Crippen LogP contribution in [0.15, 0.2) is 0 Å². The molecule has 0 bridgehead atoms. The van der Waals surface area contributed by atoms with Gasteiger partial charge in [0.15, 0.2) is 0 Å². The minimum Gasteiger partial charge on any atom is -0.381 e. The van der Waals surface area contributed by atoms with Gasteiger partial charge in [0, 0.05) is 13.0 Å². The van der Waals surface area contributed by atoms with Crippen LogP contribution in [0.3, 0.4) is 0 Å². The second kappa shape index (κ2) is 3.48. The summed E-state index contributed by atoms with van der Waals surface area (Å²) in [4.78, 5) is 21.4. The Labute approximate surface area is 64.9 Å². The van der Waals surface area contributed by atoms with Crippen molar-refractivity contribution in [3.8, 4) is 0 Å². The number of nitrogens with zero attached hydrogens (tertiary/aromatic N) is 1. The quantitative estimate of drug-likeness (QED) is 0.527. The number of hydrogen-bond donors (Lipinski definition) is 0. The summed E-state index contributed by atoms with van der Waals surface area (Å²) in [5.41, 5.74) is 0. The fraction of sp³-hybridized carbons (Fsp3) is 0.714. The molecule has 0 aromatic rings. The summed E-state index contributed by atoms with van der Waals surface area (Å²) in [6.07, 6.45) is 0.221. The maximum Gasteiger partial charge on any atom is 0.254 e. The molecule has 0 N–H and O–H groups in total. The van der Waals surface area contributed by atoms with Crippen molar-refractivity contribution in [1.82, 2.24) is 5.32 Å². The van der Waals surface area contributed by atoms with Gasteiger partial charge < -0.3 is 4.74 Å². The van der Waals surface area contributed by atoms with Crippen LogP contribution in [0.25, 0.3) is 0 Å². The van der Waals surface area contributed by atoms with Crippen LogP contribution in [0.1, 0.15) is 13.3 Å². The van der Waals surface area contributed by atoms with E-state index in [1.165, 1.54) is 0 Å². The molecule has 1 radical (unpaired) electrons. The standard InChI is InChI=1S/C7H10NO3/c1-2-11-4-5-3-6(9)8-7(5)10/h5H,2-4H2,1H3. The molecule has 1 aliphatic rings. The van der Waals surface area contributed by atoms with Gasteiger partial charge >= 0.3 is 0 Å². The fourth-order valence-electron chi connectivity index (χ4n) is 0.948. The van der Waals surface area contributed by atoms with Crippen molar-refractivity contribution in [3.63, 3.8) is 0 Å². The maximum absolute atomic E-state index is 10.8. The van der Waals surface area contributed by atoms with Gasteiger partial charge in [-0.15, -0.1) is 0 Å². The van der Waals surface area contributed by atoms with Crippen LogP contribution < -0.4 is 5.32 Å². The third-order valence-corrected chi connectivity index (χ3v) is 1.53. The molecule has 0 aromatic carbocycles. The first-order valence-electron chi connectivity index (χ1n) is 3.60. The molecule has 4 nitrogen and oxygen atoms in total. The average molecular weight is 156 g/mol. The molecule has 1 fully saturated rings. The van der Waals surface area contributed by atoms with E-state index >= 15 is 0 Å². The summed E-state index contributed by atoms with van der Waals surface area (Å²) in [7, 11) is 0. The van der Waals surface area contributed by atoms with Crippen LogP contribution in [0, 0.1) is 5.92 Å². The van der Waals surface area contributed by atoms with Gasteiger partial charge in [-0.25, -0.2) is 0 Å². The molecule has 1 unspecified atom stereocenters. The number of imide groups is 1. The summed E-state index contributed by atoms with van der Waals surface area (Å²) < 4.78 is 5.00. The molecular weight excluding hydrogens is 146 g/mol. The second-order valence-electron chi connectivity index (χ2n) is 2.40. The summed E-state index contributed by atoms with van der Waals surface area (Å²) in [6.45, 7) is 2.74. The van der Waals surface area contributed by atoms with E-state index in [1.807, 2.05) is 6.92 Å². The van der Waals surface area contributed by atoms with Crippen LogP contribution in [0.2, 0.25) is 0 Å². The molecule has 0 aliphatic carbocycles. The summed E-state index contributed by atoms with van der Waals surface area (Å²) >= 11 is 0. The Kier molecular flexibility index (Phi) is 2.59. The van der Waals surface area contributed by atoms with E-state index in [2.05, 4.69) is 5.32 Å². The van der Waals surface area contributed by atoms with Gasteiger partial charge in [0.1, 0.15) is 0 Å². The summed E-state index contributed by atoms with van der Waals surface area (Å²) in [5, 5.41) is 3.27. The van der Waals surface area contributed by atoms with E-state index in [-0.39, 0.29) is 24.2 Å². The highest BCUT2D eigenvalue weighted by Gasteiger charge is 2.32. The van der Waals surface area contributed by atoms with Gasteiger partial charge in [0.25, 0.3) is 5.91 Å². The lowest BCUT2D eigenvalue weighted by Gasteiger charge is -2.03. The Morgan fingerprint density at radius 1 is 1.64 bits per heavy atom. The molecule has 0 saturated carbocycles. The first kappa shape index (κ1) is 8.20. The first-order chi connectivity index (χ1) is 5.24. The Morgan fingerprint density at radius 3 is 2.82 bits per heavy atom. The number of ether oxygens (including phenoxy) is 1. The van der Waals surface area contributed by atoms with Gasteiger partial charge in [0.05, 0.1) is 12.5 Å². The van der Waals surface area contributed by atoms with Crippen LogP contribution in [-0.4, -0.2) is 25.0 Å². The Morgan fingerprint density at radius 2 is 2.36 bits per heavy atom. The van der Waals surface area contributed by atoms with Crippen LogP contribution in [0.5, 0.6) is 0 Å². The van der Waals surface area contributed by atoms with Crippen molar-refractivity contribution < 1.29 is 14.3 Å². The molecule has 1 saturated heterocycles. The summed E-state index contributed by atoms with van der Waals surface area (Å²) in [5.74, 6) is -0.967. The van der Waals surface area contributed by atoms with E-state index < -0.39 is 0 Å². The number of carbonyl (C=O) groups excluding carboxylic acids is 2. The molecular formula is C7H10NO3. The Hall–Kier alpha value is -0.900. The lowest BCUT2D eigenvalue weighted by atomic mass is 10.1. The monoisotopic (exact) mass is 156 g/mol. The van der Waals surface area contributed by atoms with Crippen LogP contribution >= 0.6 is 0 Å². The Bertz CT molecular complexity index is 179. The van der Waals surface area contributed by atoms with Crippen molar-refractivity contribution in [2.75, 3.05) is 13.2 Å². The maximum atomic E-state index is 10.8.